The number of rotatable bonds is 4. The van der Waals surface area contributed by atoms with Gasteiger partial charge in [0.05, 0.1) is 5.70 Å². The molecule has 0 saturated heterocycles. The number of aryl methyl sites for hydroxylation is 2. The molecule has 25 heavy (non-hydrogen) atoms. The number of aliphatic imine (C=N–C) groups is 1. The fraction of sp³-hybridized carbons (Fsp3) is 0.286. The molecule has 0 amide bonds. The fourth-order valence-electron chi connectivity index (χ4n) is 2.57. The van der Waals surface area contributed by atoms with Crippen LogP contribution in [0.3, 0.4) is 0 Å². The van der Waals surface area contributed by atoms with Crippen LogP contribution in [0.1, 0.15) is 37.5 Å². The van der Waals surface area contributed by atoms with E-state index in [1.807, 2.05) is 62.4 Å². The van der Waals surface area contributed by atoms with Crippen LogP contribution in [0.25, 0.3) is 11.0 Å². The summed E-state index contributed by atoms with van der Waals surface area (Å²) in [5, 5.41) is 4.93. The third-order valence-corrected chi connectivity index (χ3v) is 3.80. The average molecular weight is 326 g/mol. The maximum absolute atomic E-state index is 11.0. The first-order valence-electron chi connectivity index (χ1n) is 8.00. The molecular weight excluding hydrogens is 303 g/mol. The molecule has 2 rings (SSSR count). The van der Waals surface area contributed by atoms with Gasteiger partial charge in [-0.2, -0.15) is 4.99 Å². The van der Waals surface area contributed by atoms with Gasteiger partial charge in [0.2, 0.25) is 6.08 Å². The molecule has 3 nitrogen and oxygen atoms in total. The predicted molar refractivity (Wildman–Crippen MR) is 99.9 cm³/mol. The summed E-state index contributed by atoms with van der Waals surface area (Å²) in [6, 6.07) is 15.7. The van der Waals surface area contributed by atoms with Gasteiger partial charge in [-0.05, 0) is 24.8 Å². The Morgan fingerprint density at radius 2 is 1.52 bits per heavy atom. The van der Waals surface area contributed by atoms with E-state index in [0.29, 0.717) is 5.70 Å². The van der Waals surface area contributed by atoms with Gasteiger partial charge >= 0.3 is 18.9 Å². The number of benzene rings is 2. The standard InChI is InChI=1S/C21H23N2O.Li/c1-15-10-9-11-16(2)18(15)23-20(21(3,4)5)19(22-14-24)17-12-7-6-8-13-17;/h6-13H,1-5H3;/q-1;+1/b20-19-;. The van der Waals surface area contributed by atoms with Crippen molar-refractivity contribution in [1.29, 1.82) is 0 Å². The molecule has 0 saturated carbocycles. The number of allylic oxidation sites excluding steroid dienone is 1. The van der Waals surface area contributed by atoms with Crippen molar-refractivity contribution in [3.05, 3.63) is 76.2 Å². The van der Waals surface area contributed by atoms with Crippen molar-refractivity contribution in [3.63, 3.8) is 0 Å². The van der Waals surface area contributed by atoms with Gasteiger partial charge in [-0.15, -0.1) is 11.4 Å². The summed E-state index contributed by atoms with van der Waals surface area (Å²) >= 11 is 0. The van der Waals surface area contributed by atoms with Crippen LogP contribution in [0.5, 0.6) is 0 Å². The Kier molecular flexibility index (Phi) is 7.46. The normalized spacial score (nSPS) is 11.7. The van der Waals surface area contributed by atoms with Gasteiger partial charge in [-0.3, -0.25) is 0 Å². The van der Waals surface area contributed by atoms with Gasteiger partial charge in [0, 0.05) is 0 Å². The summed E-state index contributed by atoms with van der Waals surface area (Å²) < 4.78 is 0. The van der Waals surface area contributed by atoms with E-state index in [-0.39, 0.29) is 24.3 Å². The number of hydrogen-bond donors (Lipinski definition) is 0. The monoisotopic (exact) mass is 326 g/mol. The van der Waals surface area contributed by atoms with Gasteiger partial charge in [0.15, 0.2) is 0 Å². The van der Waals surface area contributed by atoms with E-state index in [4.69, 9.17) is 5.32 Å². The molecule has 0 fully saturated rings. The Morgan fingerprint density at radius 1 is 0.960 bits per heavy atom. The molecule has 2 aromatic carbocycles. The van der Waals surface area contributed by atoms with E-state index in [1.165, 1.54) is 0 Å². The van der Waals surface area contributed by atoms with Crippen LogP contribution < -0.4 is 18.9 Å². The molecule has 0 aromatic heterocycles. The molecule has 0 radical (unpaired) electrons. The zero-order valence-corrected chi connectivity index (χ0v) is 15.9. The Morgan fingerprint density at radius 3 is 2.00 bits per heavy atom. The van der Waals surface area contributed by atoms with Crippen molar-refractivity contribution in [3.8, 4) is 0 Å². The van der Waals surface area contributed by atoms with Gasteiger partial charge in [-0.1, -0.05) is 80.4 Å². The molecule has 0 spiro atoms. The van der Waals surface area contributed by atoms with Crippen LogP contribution in [0.4, 0.5) is 5.69 Å². The maximum atomic E-state index is 11.0. The summed E-state index contributed by atoms with van der Waals surface area (Å²) in [7, 11) is 0. The van der Waals surface area contributed by atoms with E-state index in [0.717, 1.165) is 28.1 Å². The second-order valence-electron chi connectivity index (χ2n) is 6.87. The maximum Gasteiger partial charge on any atom is 1.00 e. The van der Waals surface area contributed by atoms with Gasteiger partial charge in [0.1, 0.15) is 0 Å². The molecule has 0 aliphatic rings. The van der Waals surface area contributed by atoms with E-state index in [9.17, 15) is 4.79 Å². The van der Waals surface area contributed by atoms with Crippen molar-refractivity contribution in [2.24, 2.45) is 10.4 Å². The van der Waals surface area contributed by atoms with Gasteiger partial charge in [0.25, 0.3) is 0 Å². The van der Waals surface area contributed by atoms with Crippen LogP contribution in [0.2, 0.25) is 0 Å². The number of nitrogens with zero attached hydrogens (tertiary/aromatic N) is 2. The van der Waals surface area contributed by atoms with Crippen molar-refractivity contribution >= 4 is 17.5 Å². The first-order valence-corrected chi connectivity index (χ1v) is 8.00. The Labute approximate surface area is 162 Å². The molecule has 0 atom stereocenters. The number of carbonyl (C=O) groups excluding carboxylic acids is 1. The molecule has 0 aliphatic carbocycles. The number of hydrogen-bond acceptors (Lipinski definition) is 2. The first kappa shape index (κ1) is 21.0. The zero-order chi connectivity index (χ0) is 17.7. The van der Waals surface area contributed by atoms with Crippen molar-refractivity contribution in [2.45, 2.75) is 34.6 Å². The minimum absolute atomic E-state index is 0. The van der Waals surface area contributed by atoms with Crippen molar-refractivity contribution in [2.75, 3.05) is 0 Å². The number of para-hydroxylation sites is 1. The smallest absolute Gasteiger partial charge is 0.659 e. The van der Waals surface area contributed by atoms with Crippen LogP contribution in [-0.4, -0.2) is 6.08 Å². The predicted octanol–water partition coefficient (Wildman–Crippen LogP) is 3.06. The summed E-state index contributed by atoms with van der Waals surface area (Å²) in [6.45, 7) is 10.3. The van der Waals surface area contributed by atoms with Crippen molar-refractivity contribution in [1.82, 2.24) is 0 Å². The molecule has 0 bridgehead atoms. The fourth-order valence-corrected chi connectivity index (χ4v) is 2.57. The Hall–Kier alpha value is -2.04. The quantitative estimate of drug-likeness (QED) is 0.484. The second-order valence-corrected chi connectivity index (χ2v) is 6.87. The topological polar surface area (TPSA) is 43.5 Å². The molecule has 0 aliphatic heterocycles. The van der Waals surface area contributed by atoms with Crippen molar-refractivity contribution < 1.29 is 23.7 Å². The summed E-state index contributed by atoms with van der Waals surface area (Å²) in [5.74, 6) is 0. The Bertz CT molecular complexity index is 778. The second kappa shape index (κ2) is 8.88. The minimum atomic E-state index is -0.278. The summed E-state index contributed by atoms with van der Waals surface area (Å²) in [5.41, 5.74) is 5.05. The third kappa shape index (κ3) is 5.21. The van der Waals surface area contributed by atoms with Crippen LogP contribution in [0, 0.1) is 19.3 Å². The minimum Gasteiger partial charge on any atom is -0.659 e. The largest absolute Gasteiger partial charge is 1.00 e. The third-order valence-electron chi connectivity index (χ3n) is 3.80. The number of isocyanates is 1. The van der Waals surface area contributed by atoms with E-state index < -0.39 is 0 Å². The molecule has 2 aromatic rings. The van der Waals surface area contributed by atoms with E-state index >= 15 is 0 Å². The molecule has 0 unspecified atom stereocenters. The average Bonchev–Trinajstić information content (AvgIpc) is 2.53. The van der Waals surface area contributed by atoms with E-state index in [2.05, 4.69) is 25.8 Å². The molecule has 124 valence electrons. The summed E-state index contributed by atoms with van der Waals surface area (Å²) in [6.07, 6.45) is 1.69. The SMILES string of the molecule is Cc1cccc(C)c1[N-]/C(=C(\N=C=O)c1ccccc1)C(C)(C)C.[Li+]. The molecule has 0 N–H and O–H groups in total. The van der Waals surface area contributed by atoms with Crippen LogP contribution in [0.15, 0.2) is 59.2 Å². The molecule has 0 heterocycles. The van der Waals surface area contributed by atoms with E-state index in [1.54, 1.807) is 6.08 Å². The molecular formula is C21H23LiN2O. The molecule has 4 heteroatoms. The van der Waals surface area contributed by atoms with Gasteiger partial charge in [-0.25, -0.2) is 4.79 Å². The zero-order valence-electron chi connectivity index (χ0n) is 15.9. The Balaban J connectivity index is 0.00000312. The van der Waals surface area contributed by atoms with Gasteiger partial charge < -0.3 is 5.32 Å². The summed E-state index contributed by atoms with van der Waals surface area (Å²) in [4.78, 5) is 15.0. The van der Waals surface area contributed by atoms with Crippen LogP contribution >= 0.6 is 0 Å². The first-order chi connectivity index (χ1) is 11.3. The van der Waals surface area contributed by atoms with Crippen LogP contribution in [-0.2, 0) is 4.79 Å².